The van der Waals surface area contributed by atoms with Crippen LogP contribution in [0.3, 0.4) is 0 Å². The molecule has 3 rings (SSSR count). The highest BCUT2D eigenvalue weighted by Crippen LogP contribution is 2.34. The molecule has 1 saturated heterocycles. The van der Waals surface area contributed by atoms with Crippen LogP contribution < -0.4 is 9.47 Å². The van der Waals surface area contributed by atoms with Crippen molar-refractivity contribution in [1.82, 2.24) is 4.90 Å². The average Bonchev–Trinajstić information content (AvgIpc) is 2.91. The van der Waals surface area contributed by atoms with Crippen LogP contribution in [0.5, 0.6) is 11.5 Å². The average molecular weight is 233 g/mol. The molecule has 0 spiro atoms. The minimum absolute atomic E-state index is 0.529. The minimum atomic E-state index is 0.529. The quantitative estimate of drug-likeness (QED) is 0.780. The first-order valence-electron chi connectivity index (χ1n) is 6.41. The van der Waals surface area contributed by atoms with Crippen molar-refractivity contribution in [3.05, 3.63) is 23.8 Å². The largest absolute Gasteiger partial charge is 0.496 e. The van der Waals surface area contributed by atoms with E-state index in [1.807, 2.05) is 18.2 Å². The third-order valence-corrected chi connectivity index (χ3v) is 3.84. The lowest BCUT2D eigenvalue weighted by Crippen LogP contribution is -2.41. The summed E-state index contributed by atoms with van der Waals surface area (Å²) in [5.41, 5.74) is 1.23. The molecule has 2 aliphatic heterocycles. The Morgan fingerprint density at radius 3 is 2.88 bits per heavy atom. The highest BCUT2D eigenvalue weighted by molar-refractivity contribution is 5.46. The molecule has 0 N–H and O–H groups in total. The first-order chi connectivity index (χ1) is 8.38. The Balaban J connectivity index is 1.83. The Morgan fingerprint density at radius 1 is 1.29 bits per heavy atom. The zero-order chi connectivity index (χ0) is 11.7. The second-order valence-corrected chi connectivity index (χ2v) is 4.85. The molecule has 17 heavy (non-hydrogen) atoms. The molecule has 0 aromatic heterocycles. The number of nitrogens with zero attached hydrogens (tertiary/aromatic N) is 1. The summed E-state index contributed by atoms with van der Waals surface area (Å²) in [6.07, 6.45) is 3.71. The van der Waals surface area contributed by atoms with E-state index in [1.54, 1.807) is 7.11 Å². The normalized spacial score (nSPS) is 24.2. The zero-order valence-corrected chi connectivity index (χ0v) is 10.3. The Hall–Kier alpha value is -1.22. The molecule has 1 atom stereocenters. The lowest BCUT2D eigenvalue weighted by Gasteiger charge is -2.32. The number of likely N-dealkylation sites (tertiary alicyclic amines) is 1. The van der Waals surface area contributed by atoms with E-state index in [1.165, 1.54) is 31.5 Å². The maximum absolute atomic E-state index is 5.87. The van der Waals surface area contributed by atoms with Crippen molar-refractivity contribution in [2.45, 2.75) is 25.3 Å². The number of hydrogen-bond acceptors (Lipinski definition) is 3. The molecule has 0 unspecified atom stereocenters. The van der Waals surface area contributed by atoms with Crippen LogP contribution in [-0.4, -0.2) is 37.7 Å². The van der Waals surface area contributed by atoms with Crippen molar-refractivity contribution in [3.63, 3.8) is 0 Å². The van der Waals surface area contributed by atoms with Crippen molar-refractivity contribution < 1.29 is 9.47 Å². The summed E-state index contributed by atoms with van der Waals surface area (Å²) in [6, 6.07) is 6.58. The Labute approximate surface area is 102 Å². The van der Waals surface area contributed by atoms with Gasteiger partial charge in [0.25, 0.3) is 0 Å². The molecule has 2 heterocycles. The van der Waals surface area contributed by atoms with E-state index in [0.29, 0.717) is 6.04 Å². The molecule has 0 amide bonds. The fourth-order valence-corrected chi connectivity index (χ4v) is 2.89. The van der Waals surface area contributed by atoms with Gasteiger partial charge in [-0.15, -0.1) is 0 Å². The minimum Gasteiger partial charge on any atom is -0.496 e. The first kappa shape index (κ1) is 10.9. The maximum atomic E-state index is 5.87. The Kier molecular flexibility index (Phi) is 2.93. The number of hydrogen-bond donors (Lipinski definition) is 0. The van der Waals surface area contributed by atoms with Gasteiger partial charge in [-0.05, 0) is 44.5 Å². The third kappa shape index (κ3) is 2.00. The fraction of sp³-hybridized carbons (Fsp3) is 0.571. The van der Waals surface area contributed by atoms with Gasteiger partial charge in [0.2, 0.25) is 0 Å². The van der Waals surface area contributed by atoms with Crippen LogP contribution in [0.4, 0.5) is 0 Å². The monoisotopic (exact) mass is 233 g/mol. The van der Waals surface area contributed by atoms with E-state index >= 15 is 0 Å². The van der Waals surface area contributed by atoms with Crippen molar-refractivity contribution in [2.24, 2.45) is 0 Å². The van der Waals surface area contributed by atoms with Gasteiger partial charge in [-0.3, -0.25) is 4.90 Å². The van der Waals surface area contributed by atoms with Gasteiger partial charge in [0, 0.05) is 11.6 Å². The Bertz CT molecular complexity index is 385. The van der Waals surface area contributed by atoms with Crippen LogP contribution in [0.1, 0.15) is 18.4 Å². The molecular weight excluding hydrogens is 214 g/mol. The van der Waals surface area contributed by atoms with Crippen LogP contribution in [-0.2, 0) is 6.42 Å². The summed E-state index contributed by atoms with van der Waals surface area (Å²) in [6.45, 7) is 3.26. The summed E-state index contributed by atoms with van der Waals surface area (Å²) in [7, 11) is 1.73. The summed E-state index contributed by atoms with van der Waals surface area (Å²) >= 11 is 0. The van der Waals surface area contributed by atoms with E-state index in [2.05, 4.69) is 4.90 Å². The van der Waals surface area contributed by atoms with Crippen LogP contribution in [0.2, 0.25) is 0 Å². The molecule has 0 radical (unpaired) electrons. The molecule has 3 heteroatoms. The van der Waals surface area contributed by atoms with Crippen molar-refractivity contribution in [3.8, 4) is 11.5 Å². The SMILES string of the molecule is COc1cccc2c1C[C@H](N1CCCC1)CO2. The highest BCUT2D eigenvalue weighted by Gasteiger charge is 2.28. The molecule has 3 nitrogen and oxygen atoms in total. The lowest BCUT2D eigenvalue weighted by atomic mass is 10.0. The molecule has 92 valence electrons. The van der Waals surface area contributed by atoms with Gasteiger partial charge in [-0.25, -0.2) is 0 Å². The predicted octanol–water partition coefficient (Wildman–Crippen LogP) is 2.09. The summed E-state index contributed by atoms with van der Waals surface area (Å²) in [5.74, 6) is 1.96. The van der Waals surface area contributed by atoms with E-state index in [9.17, 15) is 0 Å². The topological polar surface area (TPSA) is 21.7 Å². The number of fused-ring (bicyclic) bond motifs is 1. The van der Waals surface area contributed by atoms with E-state index in [0.717, 1.165) is 24.5 Å². The number of rotatable bonds is 2. The number of ether oxygens (including phenoxy) is 2. The zero-order valence-electron chi connectivity index (χ0n) is 10.3. The van der Waals surface area contributed by atoms with Gasteiger partial charge < -0.3 is 9.47 Å². The van der Waals surface area contributed by atoms with Gasteiger partial charge in [-0.1, -0.05) is 6.07 Å². The summed E-state index contributed by atoms with van der Waals surface area (Å²) < 4.78 is 11.3. The van der Waals surface area contributed by atoms with E-state index < -0.39 is 0 Å². The molecule has 2 aliphatic rings. The molecular formula is C14H19NO2. The van der Waals surface area contributed by atoms with Gasteiger partial charge in [0.05, 0.1) is 7.11 Å². The van der Waals surface area contributed by atoms with Gasteiger partial charge >= 0.3 is 0 Å². The molecule has 1 fully saturated rings. The van der Waals surface area contributed by atoms with Crippen molar-refractivity contribution in [2.75, 3.05) is 26.8 Å². The molecule has 1 aromatic carbocycles. The smallest absolute Gasteiger partial charge is 0.126 e. The highest BCUT2D eigenvalue weighted by atomic mass is 16.5. The molecule has 0 aliphatic carbocycles. The number of methoxy groups -OCH3 is 1. The maximum Gasteiger partial charge on any atom is 0.126 e. The molecule has 0 bridgehead atoms. The second kappa shape index (κ2) is 4.57. The van der Waals surface area contributed by atoms with Crippen LogP contribution in [0.25, 0.3) is 0 Å². The van der Waals surface area contributed by atoms with Gasteiger partial charge in [0.1, 0.15) is 18.1 Å². The Morgan fingerprint density at radius 2 is 2.12 bits per heavy atom. The van der Waals surface area contributed by atoms with Crippen molar-refractivity contribution >= 4 is 0 Å². The molecule has 0 saturated carbocycles. The fourth-order valence-electron chi connectivity index (χ4n) is 2.89. The summed E-state index contributed by atoms with van der Waals surface area (Å²) in [5, 5.41) is 0. The third-order valence-electron chi connectivity index (χ3n) is 3.84. The van der Waals surface area contributed by atoms with E-state index in [-0.39, 0.29) is 0 Å². The van der Waals surface area contributed by atoms with Crippen LogP contribution in [0, 0.1) is 0 Å². The van der Waals surface area contributed by atoms with Crippen LogP contribution >= 0.6 is 0 Å². The first-order valence-corrected chi connectivity index (χ1v) is 6.41. The standard InChI is InChI=1S/C14H19NO2/c1-16-13-5-4-6-14-12(13)9-11(10-17-14)15-7-2-3-8-15/h4-6,11H,2-3,7-10H2,1H3/t11-/m0/s1. The molecule has 1 aromatic rings. The lowest BCUT2D eigenvalue weighted by molar-refractivity contribution is 0.140. The van der Waals surface area contributed by atoms with Crippen molar-refractivity contribution in [1.29, 1.82) is 0 Å². The number of benzene rings is 1. The predicted molar refractivity (Wildman–Crippen MR) is 66.8 cm³/mol. The van der Waals surface area contributed by atoms with Gasteiger partial charge in [0.15, 0.2) is 0 Å². The summed E-state index contributed by atoms with van der Waals surface area (Å²) in [4.78, 5) is 2.55. The van der Waals surface area contributed by atoms with Gasteiger partial charge in [-0.2, -0.15) is 0 Å². The van der Waals surface area contributed by atoms with E-state index in [4.69, 9.17) is 9.47 Å². The van der Waals surface area contributed by atoms with Crippen LogP contribution in [0.15, 0.2) is 18.2 Å². The second-order valence-electron chi connectivity index (χ2n) is 4.85.